The number of nitrogens with one attached hydrogen (secondary N) is 2. The Morgan fingerprint density at radius 2 is 1.60 bits per heavy atom. The number of rotatable bonds is 5. The summed E-state index contributed by atoms with van der Waals surface area (Å²) >= 11 is 4.07. The zero-order chi connectivity index (χ0) is 14.4. The van der Waals surface area contributed by atoms with Gasteiger partial charge in [0.15, 0.2) is 0 Å². The lowest BCUT2D eigenvalue weighted by Crippen LogP contribution is -2.13. The highest BCUT2D eigenvalue weighted by Crippen LogP contribution is 2.26. The molecular weight excluding hydrogens is 268 g/mol. The van der Waals surface area contributed by atoms with Crippen LogP contribution in [0.5, 0.6) is 0 Å². The van der Waals surface area contributed by atoms with Crippen molar-refractivity contribution in [1.82, 2.24) is 0 Å². The van der Waals surface area contributed by atoms with E-state index < -0.39 is 0 Å². The lowest BCUT2D eigenvalue weighted by Gasteiger charge is -2.14. The average molecular weight is 286 g/mol. The van der Waals surface area contributed by atoms with Crippen LogP contribution in [-0.4, -0.2) is 11.7 Å². The SMILES string of the molecule is Cc1ccccc1Nc1ccccc1NC(=O)CCS. The Bertz CT molecular complexity index is 599. The van der Waals surface area contributed by atoms with Crippen LogP contribution in [0.15, 0.2) is 48.5 Å². The molecule has 0 saturated heterocycles. The van der Waals surface area contributed by atoms with Crippen LogP contribution in [0.2, 0.25) is 0 Å². The zero-order valence-corrected chi connectivity index (χ0v) is 12.3. The van der Waals surface area contributed by atoms with Gasteiger partial charge in [-0.25, -0.2) is 0 Å². The molecule has 0 aliphatic carbocycles. The van der Waals surface area contributed by atoms with Crippen LogP contribution >= 0.6 is 12.6 Å². The molecule has 2 rings (SSSR count). The number of amides is 1. The smallest absolute Gasteiger partial charge is 0.225 e. The molecule has 0 aliphatic rings. The van der Waals surface area contributed by atoms with E-state index >= 15 is 0 Å². The number of carbonyl (C=O) groups excluding carboxylic acids is 1. The van der Waals surface area contributed by atoms with Gasteiger partial charge in [-0.2, -0.15) is 12.6 Å². The van der Waals surface area contributed by atoms with Gasteiger partial charge in [0, 0.05) is 12.1 Å². The Morgan fingerprint density at radius 1 is 1.00 bits per heavy atom. The fourth-order valence-corrected chi connectivity index (χ4v) is 2.08. The quantitative estimate of drug-likeness (QED) is 0.727. The minimum atomic E-state index is -0.0287. The summed E-state index contributed by atoms with van der Waals surface area (Å²) in [4.78, 5) is 11.7. The summed E-state index contributed by atoms with van der Waals surface area (Å²) in [5.74, 6) is 0.512. The minimum Gasteiger partial charge on any atom is -0.354 e. The van der Waals surface area contributed by atoms with Crippen LogP contribution in [0.3, 0.4) is 0 Å². The third-order valence-corrected chi connectivity index (χ3v) is 3.18. The first-order valence-electron chi connectivity index (χ1n) is 6.53. The number of hydrogen-bond acceptors (Lipinski definition) is 3. The molecule has 0 bridgehead atoms. The molecule has 0 fully saturated rings. The molecule has 2 aromatic rings. The third-order valence-electron chi connectivity index (χ3n) is 2.95. The van der Waals surface area contributed by atoms with E-state index in [4.69, 9.17) is 0 Å². The summed E-state index contributed by atoms with van der Waals surface area (Å²) in [7, 11) is 0. The maximum absolute atomic E-state index is 11.7. The van der Waals surface area contributed by atoms with Gasteiger partial charge in [-0.15, -0.1) is 0 Å². The van der Waals surface area contributed by atoms with Gasteiger partial charge in [0.2, 0.25) is 5.91 Å². The second-order valence-corrected chi connectivity index (χ2v) is 4.95. The van der Waals surface area contributed by atoms with E-state index in [-0.39, 0.29) is 5.91 Å². The second-order valence-electron chi connectivity index (χ2n) is 4.51. The van der Waals surface area contributed by atoms with E-state index in [1.54, 1.807) is 0 Å². The third kappa shape index (κ3) is 3.78. The van der Waals surface area contributed by atoms with E-state index in [1.807, 2.05) is 55.5 Å². The predicted octanol–water partition coefficient (Wildman–Crippen LogP) is 4.00. The Labute approximate surface area is 124 Å². The van der Waals surface area contributed by atoms with Crippen molar-refractivity contribution in [3.05, 3.63) is 54.1 Å². The molecule has 3 nitrogen and oxygen atoms in total. The molecule has 2 aromatic carbocycles. The van der Waals surface area contributed by atoms with Crippen LogP contribution in [0.4, 0.5) is 17.1 Å². The van der Waals surface area contributed by atoms with Crippen molar-refractivity contribution in [3.8, 4) is 0 Å². The molecule has 0 heterocycles. The van der Waals surface area contributed by atoms with Crippen molar-refractivity contribution >= 4 is 35.6 Å². The molecule has 104 valence electrons. The summed E-state index contributed by atoms with van der Waals surface area (Å²) in [5, 5.41) is 6.26. The molecule has 0 atom stereocenters. The molecule has 1 amide bonds. The molecule has 2 N–H and O–H groups in total. The number of benzene rings is 2. The molecule has 0 saturated carbocycles. The van der Waals surface area contributed by atoms with Gasteiger partial charge in [0.1, 0.15) is 0 Å². The maximum Gasteiger partial charge on any atom is 0.225 e. The van der Waals surface area contributed by atoms with Gasteiger partial charge in [-0.3, -0.25) is 4.79 Å². The van der Waals surface area contributed by atoms with Crippen LogP contribution in [-0.2, 0) is 4.79 Å². The Balaban J connectivity index is 2.20. The van der Waals surface area contributed by atoms with E-state index in [0.717, 1.165) is 22.6 Å². The first-order chi connectivity index (χ1) is 9.70. The molecule has 0 spiro atoms. The van der Waals surface area contributed by atoms with Crippen molar-refractivity contribution in [1.29, 1.82) is 0 Å². The van der Waals surface area contributed by atoms with Gasteiger partial charge < -0.3 is 10.6 Å². The number of aryl methyl sites for hydroxylation is 1. The topological polar surface area (TPSA) is 41.1 Å². The Hall–Kier alpha value is -1.94. The zero-order valence-electron chi connectivity index (χ0n) is 11.4. The number of thiol groups is 1. The highest BCUT2D eigenvalue weighted by Gasteiger charge is 2.06. The summed E-state index contributed by atoms with van der Waals surface area (Å²) in [6.07, 6.45) is 0.405. The van der Waals surface area contributed by atoms with E-state index in [2.05, 4.69) is 23.3 Å². The number of para-hydroxylation sites is 3. The summed E-state index contributed by atoms with van der Waals surface area (Å²) in [6, 6.07) is 15.7. The fourth-order valence-electron chi connectivity index (χ4n) is 1.87. The molecule has 0 unspecified atom stereocenters. The van der Waals surface area contributed by atoms with Gasteiger partial charge in [0.05, 0.1) is 11.4 Å². The number of hydrogen-bond donors (Lipinski definition) is 3. The van der Waals surface area contributed by atoms with Crippen molar-refractivity contribution in [2.45, 2.75) is 13.3 Å². The van der Waals surface area contributed by atoms with E-state index in [1.165, 1.54) is 0 Å². The van der Waals surface area contributed by atoms with E-state index in [0.29, 0.717) is 12.2 Å². The fraction of sp³-hybridized carbons (Fsp3) is 0.188. The second kappa shape index (κ2) is 7.01. The summed E-state index contributed by atoms with van der Waals surface area (Å²) in [5.41, 5.74) is 3.85. The summed E-state index contributed by atoms with van der Waals surface area (Å²) < 4.78 is 0. The summed E-state index contributed by atoms with van der Waals surface area (Å²) in [6.45, 7) is 2.05. The lowest BCUT2D eigenvalue weighted by atomic mass is 10.2. The number of anilines is 3. The first kappa shape index (κ1) is 14.5. The van der Waals surface area contributed by atoms with Crippen LogP contribution < -0.4 is 10.6 Å². The molecule has 0 aromatic heterocycles. The van der Waals surface area contributed by atoms with Gasteiger partial charge >= 0.3 is 0 Å². The van der Waals surface area contributed by atoms with E-state index in [9.17, 15) is 4.79 Å². The predicted molar refractivity (Wildman–Crippen MR) is 88.0 cm³/mol. The van der Waals surface area contributed by atoms with Gasteiger partial charge in [-0.05, 0) is 36.4 Å². The highest BCUT2D eigenvalue weighted by molar-refractivity contribution is 7.80. The Morgan fingerprint density at radius 3 is 2.25 bits per heavy atom. The standard InChI is InChI=1S/C16H18N2OS/c1-12-6-2-3-7-13(12)17-14-8-4-5-9-15(14)18-16(19)10-11-20/h2-9,17,20H,10-11H2,1H3,(H,18,19). The molecule has 0 radical (unpaired) electrons. The lowest BCUT2D eigenvalue weighted by molar-refractivity contribution is -0.115. The van der Waals surface area contributed by atoms with Crippen molar-refractivity contribution in [2.24, 2.45) is 0 Å². The van der Waals surface area contributed by atoms with Gasteiger partial charge in [-0.1, -0.05) is 30.3 Å². The monoisotopic (exact) mass is 286 g/mol. The number of carbonyl (C=O) groups is 1. The van der Waals surface area contributed by atoms with Crippen molar-refractivity contribution < 1.29 is 4.79 Å². The molecular formula is C16H18N2OS. The first-order valence-corrected chi connectivity index (χ1v) is 7.16. The van der Waals surface area contributed by atoms with Crippen LogP contribution in [0, 0.1) is 6.92 Å². The minimum absolute atomic E-state index is 0.0287. The van der Waals surface area contributed by atoms with Gasteiger partial charge in [0.25, 0.3) is 0 Å². The van der Waals surface area contributed by atoms with Crippen LogP contribution in [0.25, 0.3) is 0 Å². The normalized spacial score (nSPS) is 10.1. The molecule has 20 heavy (non-hydrogen) atoms. The molecule has 4 heteroatoms. The largest absolute Gasteiger partial charge is 0.354 e. The van der Waals surface area contributed by atoms with Crippen molar-refractivity contribution in [2.75, 3.05) is 16.4 Å². The Kier molecular flexibility index (Phi) is 5.07. The molecule has 0 aliphatic heterocycles. The maximum atomic E-state index is 11.7. The van der Waals surface area contributed by atoms with Crippen LogP contribution in [0.1, 0.15) is 12.0 Å². The van der Waals surface area contributed by atoms with Crippen molar-refractivity contribution in [3.63, 3.8) is 0 Å². The average Bonchev–Trinajstić information content (AvgIpc) is 2.44. The highest BCUT2D eigenvalue weighted by atomic mass is 32.1.